The summed E-state index contributed by atoms with van der Waals surface area (Å²) < 4.78 is 0. The van der Waals surface area contributed by atoms with Crippen molar-refractivity contribution >= 4 is 17.1 Å². The normalized spacial score (nSPS) is 18.0. The van der Waals surface area contributed by atoms with Gasteiger partial charge in [0.1, 0.15) is 0 Å². The molecule has 10 rings (SSSR count). The molecule has 0 atom stereocenters. The molecule has 6 aromatic rings. The molecule has 0 unspecified atom stereocenters. The van der Waals surface area contributed by atoms with Gasteiger partial charge in [-0.1, -0.05) is 175 Å². The molecule has 6 aromatic carbocycles. The lowest BCUT2D eigenvalue weighted by molar-refractivity contribution is 0.435. The Morgan fingerprint density at radius 3 is 1.47 bits per heavy atom. The molecule has 0 heterocycles. The van der Waals surface area contributed by atoms with Crippen LogP contribution in [0.4, 0.5) is 17.1 Å². The first kappa shape index (κ1) is 41.1. The lowest BCUT2D eigenvalue weighted by atomic mass is 9.71. The van der Waals surface area contributed by atoms with E-state index in [1.165, 1.54) is 189 Å². The number of benzene rings is 6. The van der Waals surface area contributed by atoms with Crippen molar-refractivity contribution < 1.29 is 0 Å². The summed E-state index contributed by atoms with van der Waals surface area (Å²) in [5, 5.41) is 0. The van der Waals surface area contributed by atoms with Gasteiger partial charge in [0, 0.05) is 22.5 Å². The molecule has 0 spiro atoms. The summed E-state index contributed by atoms with van der Waals surface area (Å²) in [6.45, 7) is 4.73. The summed E-state index contributed by atoms with van der Waals surface area (Å²) in [6.07, 6.45) is 25.1. The molecule has 4 aliphatic rings. The Balaban J connectivity index is 1.02. The fourth-order valence-corrected chi connectivity index (χ4v) is 12.7. The van der Waals surface area contributed by atoms with Crippen molar-refractivity contribution in [1.82, 2.24) is 0 Å². The Morgan fingerprint density at radius 1 is 0.387 bits per heavy atom. The van der Waals surface area contributed by atoms with E-state index in [1.807, 2.05) is 0 Å². The second-order valence-corrected chi connectivity index (χ2v) is 19.8. The maximum absolute atomic E-state index is 2.63. The van der Waals surface area contributed by atoms with Crippen LogP contribution in [0.3, 0.4) is 0 Å². The van der Waals surface area contributed by atoms with Gasteiger partial charge < -0.3 is 4.90 Å². The van der Waals surface area contributed by atoms with Gasteiger partial charge in [-0.15, -0.1) is 0 Å². The maximum atomic E-state index is 2.63. The third-order valence-corrected chi connectivity index (χ3v) is 15.9. The summed E-state index contributed by atoms with van der Waals surface area (Å²) in [5.74, 6) is 2.12. The van der Waals surface area contributed by atoms with E-state index < -0.39 is 0 Å². The van der Waals surface area contributed by atoms with Crippen molar-refractivity contribution in [2.45, 2.75) is 159 Å². The molecule has 4 aliphatic carbocycles. The summed E-state index contributed by atoms with van der Waals surface area (Å²) in [7, 11) is 0. The Bertz CT molecular complexity index is 2390. The average molecular weight is 816 g/mol. The summed E-state index contributed by atoms with van der Waals surface area (Å²) in [4.78, 5) is 2.53. The fourth-order valence-electron chi connectivity index (χ4n) is 12.7. The van der Waals surface area contributed by atoms with Crippen molar-refractivity contribution in [1.29, 1.82) is 0 Å². The smallest absolute Gasteiger partial charge is 0.0465 e. The SMILES string of the molecule is CCCC1(CCC)c2ccccc2-c2ccc(N(c3ccc(-c4cccc(-c5cc(C6CCCCC6)cc(C6CCCCC6)c5)c4)cc3)c3ccc(C4CCCCC4)cc3)cc21. The number of hydrogen-bond acceptors (Lipinski definition) is 1. The maximum Gasteiger partial charge on any atom is 0.0465 e. The summed E-state index contributed by atoms with van der Waals surface area (Å²) in [6, 6.07) is 52.9. The molecule has 62 heavy (non-hydrogen) atoms. The van der Waals surface area contributed by atoms with Gasteiger partial charge in [-0.05, 0) is 173 Å². The van der Waals surface area contributed by atoms with Crippen LogP contribution in [0, 0.1) is 0 Å². The van der Waals surface area contributed by atoms with Crippen LogP contribution in [-0.4, -0.2) is 0 Å². The molecule has 0 amide bonds. The Labute approximate surface area is 374 Å². The van der Waals surface area contributed by atoms with Gasteiger partial charge in [0.25, 0.3) is 0 Å². The fraction of sp³-hybridized carbons (Fsp3) is 0.410. The topological polar surface area (TPSA) is 3.24 Å². The van der Waals surface area contributed by atoms with Crippen molar-refractivity contribution in [2.24, 2.45) is 0 Å². The zero-order chi connectivity index (χ0) is 41.9. The van der Waals surface area contributed by atoms with E-state index in [0.29, 0.717) is 17.8 Å². The molecule has 3 saturated carbocycles. The average Bonchev–Trinajstić information content (AvgIpc) is 3.61. The third-order valence-electron chi connectivity index (χ3n) is 15.9. The zero-order valence-corrected chi connectivity index (χ0v) is 37.8. The van der Waals surface area contributed by atoms with Gasteiger partial charge in [0.05, 0.1) is 0 Å². The van der Waals surface area contributed by atoms with E-state index >= 15 is 0 Å². The van der Waals surface area contributed by atoms with Crippen LogP contribution in [0.25, 0.3) is 33.4 Å². The highest BCUT2D eigenvalue weighted by Crippen LogP contribution is 2.55. The van der Waals surface area contributed by atoms with Crippen LogP contribution >= 0.6 is 0 Å². The van der Waals surface area contributed by atoms with E-state index in [9.17, 15) is 0 Å². The molecule has 1 heteroatoms. The predicted octanol–water partition coefficient (Wildman–Crippen LogP) is 18.5. The van der Waals surface area contributed by atoms with Crippen LogP contribution in [-0.2, 0) is 5.41 Å². The van der Waals surface area contributed by atoms with Crippen molar-refractivity contribution in [3.63, 3.8) is 0 Å². The summed E-state index contributed by atoms with van der Waals surface area (Å²) >= 11 is 0. The van der Waals surface area contributed by atoms with Crippen LogP contribution in [0.15, 0.2) is 133 Å². The highest BCUT2D eigenvalue weighted by atomic mass is 15.1. The van der Waals surface area contributed by atoms with Gasteiger partial charge in [-0.3, -0.25) is 0 Å². The van der Waals surface area contributed by atoms with E-state index in [2.05, 4.69) is 152 Å². The molecule has 0 radical (unpaired) electrons. The van der Waals surface area contributed by atoms with Gasteiger partial charge in [0.15, 0.2) is 0 Å². The number of hydrogen-bond donors (Lipinski definition) is 0. The minimum Gasteiger partial charge on any atom is -0.310 e. The first-order valence-electron chi connectivity index (χ1n) is 25.1. The van der Waals surface area contributed by atoms with Crippen LogP contribution in [0.1, 0.15) is 181 Å². The monoisotopic (exact) mass is 816 g/mol. The molecule has 0 aliphatic heterocycles. The lowest BCUT2D eigenvalue weighted by Crippen LogP contribution is -2.25. The Morgan fingerprint density at radius 2 is 0.887 bits per heavy atom. The van der Waals surface area contributed by atoms with Crippen molar-refractivity contribution in [3.05, 3.63) is 161 Å². The van der Waals surface area contributed by atoms with Crippen molar-refractivity contribution in [2.75, 3.05) is 4.90 Å². The predicted molar refractivity (Wildman–Crippen MR) is 266 cm³/mol. The van der Waals surface area contributed by atoms with E-state index in [0.717, 1.165) is 0 Å². The standard InChI is InChI=1S/C61H69N/c1-3-37-61(38-4-2)59-26-15-14-25-57(59)58-36-35-56(43-60(58)61)62(54-31-27-47(28-32-54)44-17-8-5-9-18-44)55-33-29-48(30-34-55)49-23-16-24-50(39-49)53-41-51(45-19-10-6-11-20-45)40-52(42-53)46-21-12-7-13-22-46/h14-16,23-36,39-46H,3-13,17-22,37-38H2,1-2H3. The molecule has 0 aromatic heterocycles. The second-order valence-electron chi connectivity index (χ2n) is 19.8. The molecule has 1 nitrogen and oxygen atoms in total. The van der Waals surface area contributed by atoms with E-state index in [1.54, 1.807) is 11.1 Å². The highest BCUT2D eigenvalue weighted by Gasteiger charge is 2.42. The minimum atomic E-state index is 0.0455. The second kappa shape index (κ2) is 18.5. The molecule has 0 saturated heterocycles. The lowest BCUT2D eigenvalue weighted by Gasteiger charge is -2.33. The molecule has 0 bridgehead atoms. The van der Waals surface area contributed by atoms with Gasteiger partial charge >= 0.3 is 0 Å². The van der Waals surface area contributed by atoms with Gasteiger partial charge in [0.2, 0.25) is 0 Å². The summed E-state index contributed by atoms with van der Waals surface area (Å²) in [5.41, 5.74) is 19.7. The van der Waals surface area contributed by atoms with Crippen molar-refractivity contribution in [3.8, 4) is 33.4 Å². The van der Waals surface area contributed by atoms with Crippen LogP contribution in [0.2, 0.25) is 0 Å². The highest BCUT2D eigenvalue weighted by molar-refractivity contribution is 5.86. The largest absolute Gasteiger partial charge is 0.310 e. The number of fused-ring (bicyclic) bond motifs is 3. The first-order valence-corrected chi connectivity index (χ1v) is 25.1. The van der Waals surface area contributed by atoms with Crippen LogP contribution < -0.4 is 4.90 Å². The third kappa shape index (κ3) is 8.11. The molecule has 3 fully saturated rings. The zero-order valence-electron chi connectivity index (χ0n) is 37.8. The van der Waals surface area contributed by atoms with Gasteiger partial charge in [-0.2, -0.15) is 0 Å². The Hall–Kier alpha value is -4.88. The quantitative estimate of drug-likeness (QED) is 0.119. The molecule has 0 N–H and O–H groups in total. The number of rotatable bonds is 12. The van der Waals surface area contributed by atoms with E-state index in [4.69, 9.17) is 0 Å². The molecule has 318 valence electrons. The first-order chi connectivity index (χ1) is 30.6. The number of anilines is 3. The van der Waals surface area contributed by atoms with Crippen LogP contribution in [0.5, 0.6) is 0 Å². The molecular weight excluding hydrogens is 747 g/mol. The van der Waals surface area contributed by atoms with Gasteiger partial charge in [-0.25, -0.2) is 0 Å². The number of nitrogens with zero attached hydrogens (tertiary/aromatic N) is 1. The minimum absolute atomic E-state index is 0.0455. The Kier molecular flexibility index (Phi) is 12.2. The van der Waals surface area contributed by atoms with E-state index in [-0.39, 0.29) is 5.41 Å². The molecular formula is C61H69N.